The van der Waals surface area contributed by atoms with Gasteiger partial charge < -0.3 is 23.4 Å². The molecule has 2 aromatic rings. The molecular formula is C28H41NO6. The summed E-state index contributed by atoms with van der Waals surface area (Å²) in [5.41, 5.74) is 0.211. The van der Waals surface area contributed by atoms with E-state index in [0.29, 0.717) is 25.0 Å². The van der Waals surface area contributed by atoms with Gasteiger partial charge >= 0.3 is 5.97 Å². The lowest BCUT2D eigenvalue weighted by Crippen LogP contribution is -2.42. The Bertz CT molecular complexity index is 974. The predicted molar refractivity (Wildman–Crippen MR) is 134 cm³/mol. The maximum Gasteiger partial charge on any atom is 0.338 e. The Balaban J connectivity index is 1.55. The largest absolute Gasteiger partial charge is 0.497 e. The number of rotatable bonds is 10. The van der Waals surface area contributed by atoms with E-state index >= 15 is 0 Å². The van der Waals surface area contributed by atoms with Gasteiger partial charge in [0.1, 0.15) is 22.8 Å². The van der Waals surface area contributed by atoms with Gasteiger partial charge in [-0.15, -0.1) is 0 Å². The van der Waals surface area contributed by atoms with Gasteiger partial charge in [-0.2, -0.15) is 0 Å². The van der Waals surface area contributed by atoms with Crippen molar-refractivity contribution < 1.29 is 28.2 Å². The summed E-state index contributed by atoms with van der Waals surface area (Å²) in [4.78, 5) is 17.2. The molecule has 1 aromatic carbocycles. The van der Waals surface area contributed by atoms with Gasteiger partial charge in [0.2, 0.25) is 5.89 Å². The number of oxazole rings is 1. The Morgan fingerprint density at radius 3 is 2.63 bits per heavy atom. The summed E-state index contributed by atoms with van der Waals surface area (Å²) in [6.45, 7) is 12.1. The molecule has 35 heavy (non-hydrogen) atoms. The van der Waals surface area contributed by atoms with Gasteiger partial charge in [-0.05, 0) is 78.0 Å². The molecule has 1 aromatic heterocycles. The number of aryl methyl sites for hydroxylation is 1. The molecule has 7 heteroatoms. The fraction of sp³-hybridized carbons (Fsp3) is 0.643. The molecule has 1 saturated carbocycles. The van der Waals surface area contributed by atoms with E-state index in [4.69, 9.17) is 28.3 Å². The number of esters is 1. The van der Waals surface area contributed by atoms with Crippen LogP contribution in [0.3, 0.4) is 0 Å². The lowest BCUT2D eigenvalue weighted by atomic mass is 9.87. The zero-order valence-corrected chi connectivity index (χ0v) is 22.3. The fourth-order valence-electron chi connectivity index (χ4n) is 4.18. The van der Waals surface area contributed by atoms with Crippen LogP contribution in [-0.2, 0) is 32.0 Å². The van der Waals surface area contributed by atoms with E-state index in [9.17, 15) is 4.79 Å². The average molecular weight is 488 g/mol. The molecule has 0 amide bonds. The van der Waals surface area contributed by atoms with Crippen LogP contribution in [-0.4, -0.2) is 42.0 Å². The van der Waals surface area contributed by atoms with E-state index < -0.39 is 11.2 Å². The van der Waals surface area contributed by atoms with Crippen LogP contribution in [0.2, 0.25) is 0 Å². The number of hydrogen-bond donors (Lipinski definition) is 0. The molecule has 1 aliphatic carbocycles. The van der Waals surface area contributed by atoms with Gasteiger partial charge in [-0.1, -0.05) is 19.4 Å². The van der Waals surface area contributed by atoms with Crippen molar-refractivity contribution in [3.8, 4) is 17.2 Å². The number of ether oxygens (including phenoxy) is 4. The van der Waals surface area contributed by atoms with E-state index in [1.54, 1.807) is 21.0 Å². The van der Waals surface area contributed by atoms with E-state index in [1.807, 2.05) is 45.0 Å². The molecule has 0 radical (unpaired) electrons. The minimum atomic E-state index is -0.978. The lowest BCUT2D eigenvalue weighted by Gasteiger charge is -2.33. The van der Waals surface area contributed by atoms with Crippen LogP contribution in [0.15, 0.2) is 28.7 Å². The van der Waals surface area contributed by atoms with Crippen LogP contribution in [0, 0.1) is 5.92 Å². The monoisotopic (exact) mass is 487 g/mol. The summed E-state index contributed by atoms with van der Waals surface area (Å²) in [6.07, 6.45) is 4.91. The van der Waals surface area contributed by atoms with Crippen LogP contribution in [0.5, 0.6) is 5.75 Å². The molecular weight excluding hydrogens is 446 g/mol. The zero-order valence-electron chi connectivity index (χ0n) is 22.3. The van der Waals surface area contributed by atoms with Crippen LogP contribution in [0.25, 0.3) is 11.5 Å². The molecule has 0 saturated heterocycles. The zero-order chi connectivity index (χ0) is 25.6. The van der Waals surface area contributed by atoms with Crippen molar-refractivity contribution in [2.24, 2.45) is 5.92 Å². The first-order valence-electron chi connectivity index (χ1n) is 12.6. The van der Waals surface area contributed by atoms with E-state index in [2.05, 4.69) is 6.92 Å². The van der Waals surface area contributed by atoms with Crippen molar-refractivity contribution >= 4 is 5.97 Å². The van der Waals surface area contributed by atoms with Gasteiger partial charge in [0, 0.05) is 12.0 Å². The Hall–Kier alpha value is -2.38. The molecule has 1 unspecified atom stereocenters. The number of carbonyl (C=O) groups excluding carboxylic acids is 1. The first-order chi connectivity index (χ1) is 16.5. The summed E-state index contributed by atoms with van der Waals surface area (Å²) in [5, 5.41) is 0. The van der Waals surface area contributed by atoms with Gasteiger partial charge in [0.25, 0.3) is 0 Å². The molecule has 0 bridgehead atoms. The van der Waals surface area contributed by atoms with E-state index in [0.717, 1.165) is 54.9 Å². The minimum absolute atomic E-state index is 0.128. The summed E-state index contributed by atoms with van der Waals surface area (Å²) in [5.74, 6) is 2.20. The first-order valence-corrected chi connectivity index (χ1v) is 12.6. The van der Waals surface area contributed by atoms with Crippen molar-refractivity contribution in [2.45, 2.75) is 97.6 Å². The highest BCUT2D eigenvalue weighted by Gasteiger charge is 2.35. The van der Waals surface area contributed by atoms with Crippen LogP contribution >= 0.6 is 0 Å². The van der Waals surface area contributed by atoms with Crippen LogP contribution < -0.4 is 4.74 Å². The molecule has 194 valence electrons. The fourth-order valence-corrected chi connectivity index (χ4v) is 4.18. The quantitative estimate of drug-likeness (QED) is 0.373. The van der Waals surface area contributed by atoms with Crippen molar-refractivity contribution in [3.63, 3.8) is 0 Å². The van der Waals surface area contributed by atoms with Gasteiger partial charge in [-0.25, -0.2) is 9.78 Å². The second-order valence-electron chi connectivity index (χ2n) is 10.8. The third-order valence-electron chi connectivity index (χ3n) is 6.18. The maximum atomic E-state index is 12.5. The molecule has 7 nitrogen and oxygen atoms in total. The Morgan fingerprint density at radius 2 is 1.94 bits per heavy atom. The van der Waals surface area contributed by atoms with Crippen molar-refractivity contribution in [1.29, 1.82) is 0 Å². The standard InChI is InChI=1S/C28H41NO6/c1-8-24-23(29-25(34-24)20-12-10-13-21(16-20)31-7)18-32-22-14-9-11-19(15-22)17-33-28(5,6)26(30)35-27(2,3)4/h10,12-13,16,19,22H,8-9,11,14-15,17-18H2,1-7H3/t19-,22?/m1/s1. The number of hydrogen-bond acceptors (Lipinski definition) is 7. The molecule has 0 spiro atoms. The number of nitrogens with zero attached hydrogens (tertiary/aromatic N) is 1. The molecule has 0 aliphatic heterocycles. The Morgan fingerprint density at radius 1 is 1.17 bits per heavy atom. The normalized spacial score (nSPS) is 18.9. The first kappa shape index (κ1) is 27.2. The van der Waals surface area contributed by atoms with Crippen LogP contribution in [0.1, 0.15) is 78.7 Å². The smallest absolute Gasteiger partial charge is 0.338 e. The summed E-state index contributed by atoms with van der Waals surface area (Å²) >= 11 is 0. The van der Waals surface area contributed by atoms with E-state index in [1.165, 1.54) is 0 Å². The highest BCUT2D eigenvalue weighted by molar-refractivity contribution is 5.78. The SMILES string of the molecule is CCc1oc(-c2cccc(OC)c2)nc1COC1CCC[C@@H](COC(C)(C)C(=O)OC(C)(C)C)C1. The third-order valence-corrected chi connectivity index (χ3v) is 6.18. The summed E-state index contributed by atoms with van der Waals surface area (Å²) in [6, 6.07) is 7.70. The Kier molecular flexibility index (Phi) is 9.00. The number of carbonyl (C=O) groups is 1. The lowest BCUT2D eigenvalue weighted by molar-refractivity contribution is -0.181. The molecule has 1 fully saturated rings. The Labute approximate surface area is 209 Å². The highest BCUT2D eigenvalue weighted by Crippen LogP contribution is 2.30. The van der Waals surface area contributed by atoms with Gasteiger partial charge in [-0.3, -0.25) is 0 Å². The molecule has 3 rings (SSSR count). The average Bonchev–Trinajstić information content (AvgIpc) is 3.24. The van der Waals surface area contributed by atoms with E-state index in [-0.39, 0.29) is 12.1 Å². The highest BCUT2D eigenvalue weighted by atomic mass is 16.6. The number of benzene rings is 1. The van der Waals surface area contributed by atoms with Gasteiger partial charge in [0.05, 0.1) is 26.4 Å². The molecule has 1 heterocycles. The van der Waals surface area contributed by atoms with Crippen molar-refractivity contribution in [1.82, 2.24) is 4.98 Å². The van der Waals surface area contributed by atoms with Crippen molar-refractivity contribution in [3.05, 3.63) is 35.7 Å². The topological polar surface area (TPSA) is 80.0 Å². The van der Waals surface area contributed by atoms with Crippen molar-refractivity contribution in [2.75, 3.05) is 13.7 Å². The predicted octanol–water partition coefficient (Wildman–Crippen LogP) is 6.12. The van der Waals surface area contributed by atoms with Crippen LogP contribution in [0.4, 0.5) is 0 Å². The molecule has 2 atom stereocenters. The number of methoxy groups -OCH3 is 1. The summed E-state index contributed by atoms with van der Waals surface area (Å²) in [7, 11) is 1.65. The maximum absolute atomic E-state index is 12.5. The second kappa shape index (κ2) is 11.6. The van der Waals surface area contributed by atoms with Gasteiger partial charge in [0.15, 0.2) is 5.60 Å². The number of aromatic nitrogens is 1. The third kappa shape index (κ3) is 7.80. The minimum Gasteiger partial charge on any atom is -0.497 e. The summed E-state index contributed by atoms with van der Waals surface area (Å²) < 4.78 is 29.2. The molecule has 1 aliphatic rings. The molecule has 0 N–H and O–H groups in total. The second-order valence-corrected chi connectivity index (χ2v) is 10.8.